The molecule has 1 fully saturated rings. The summed E-state index contributed by atoms with van der Waals surface area (Å²) in [5.41, 5.74) is 2.39. The van der Waals surface area contributed by atoms with Gasteiger partial charge in [-0.3, -0.25) is 4.79 Å². The Labute approximate surface area is 103 Å². The molecule has 2 rings (SSSR count). The van der Waals surface area contributed by atoms with Crippen LogP contribution < -0.4 is 10.6 Å². The minimum atomic E-state index is 0.00209. The van der Waals surface area contributed by atoms with Crippen LogP contribution in [0.15, 0.2) is 24.3 Å². The number of rotatable bonds is 3. The molecule has 92 valence electrons. The summed E-state index contributed by atoms with van der Waals surface area (Å²) in [6.07, 6.45) is 2.04. The Bertz CT molecular complexity index is 397. The van der Waals surface area contributed by atoms with Crippen molar-refractivity contribution in [2.75, 3.05) is 6.54 Å². The third kappa shape index (κ3) is 3.07. The minimum Gasteiger partial charge on any atom is -0.348 e. The van der Waals surface area contributed by atoms with Gasteiger partial charge in [0.2, 0.25) is 5.91 Å². The predicted molar refractivity (Wildman–Crippen MR) is 68.8 cm³/mol. The van der Waals surface area contributed by atoms with E-state index in [1.807, 2.05) is 13.0 Å². The maximum absolute atomic E-state index is 11.9. The molecular formula is C14H20N2O. The van der Waals surface area contributed by atoms with Crippen LogP contribution in [0.1, 0.15) is 36.9 Å². The van der Waals surface area contributed by atoms with E-state index in [-0.39, 0.29) is 18.0 Å². The first-order valence-corrected chi connectivity index (χ1v) is 6.27. The summed E-state index contributed by atoms with van der Waals surface area (Å²) in [6, 6.07) is 8.34. The lowest BCUT2D eigenvalue weighted by Gasteiger charge is -2.18. The molecule has 1 saturated heterocycles. The van der Waals surface area contributed by atoms with Crippen molar-refractivity contribution in [3.8, 4) is 0 Å². The maximum atomic E-state index is 11.9. The summed E-state index contributed by atoms with van der Waals surface area (Å²) in [4.78, 5) is 11.9. The van der Waals surface area contributed by atoms with Crippen LogP contribution in [0.2, 0.25) is 0 Å². The van der Waals surface area contributed by atoms with E-state index < -0.39 is 0 Å². The molecule has 3 heteroatoms. The summed E-state index contributed by atoms with van der Waals surface area (Å²) < 4.78 is 0. The van der Waals surface area contributed by atoms with Crippen LogP contribution in [-0.4, -0.2) is 18.5 Å². The SMILES string of the molecule is Cc1cccc([C@@H](C)NC(=O)[C@@H]2CCCN2)c1. The molecule has 1 aromatic carbocycles. The molecule has 0 bridgehead atoms. The van der Waals surface area contributed by atoms with Crippen LogP contribution in [-0.2, 0) is 4.79 Å². The maximum Gasteiger partial charge on any atom is 0.237 e. The summed E-state index contributed by atoms with van der Waals surface area (Å²) in [5.74, 6) is 0.122. The first-order chi connectivity index (χ1) is 8.16. The van der Waals surface area contributed by atoms with Crippen LogP contribution in [0.3, 0.4) is 0 Å². The zero-order valence-corrected chi connectivity index (χ0v) is 10.5. The molecule has 2 atom stereocenters. The van der Waals surface area contributed by atoms with Gasteiger partial charge in [0, 0.05) is 0 Å². The normalized spacial score (nSPS) is 21.2. The monoisotopic (exact) mass is 232 g/mol. The summed E-state index contributed by atoms with van der Waals surface area (Å²) in [5, 5.41) is 6.28. The first kappa shape index (κ1) is 12.1. The largest absolute Gasteiger partial charge is 0.348 e. The van der Waals surface area contributed by atoms with Crippen molar-refractivity contribution in [3.63, 3.8) is 0 Å². The van der Waals surface area contributed by atoms with Gasteiger partial charge in [-0.15, -0.1) is 0 Å². The van der Waals surface area contributed by atoms with E-state index in [0.29, 0.717) is 0 Å². The standard InChI is InChI=1S/C14H20N2O/c1-10-5-3-6-12(9-10)11(2)16-14(17)13-7-4-8-15-13/h3,5-6,9,11,13,15H,4,7-8H2,1-2H3,(H,16,17)/t11-,13+/m1/s1. The molecule has 0 aliphatic carbocycles. The zero-order valence-electron chi connectivity index (χ0n) is 10.5. The van der Waals surface area contributed by atoms with E-state index in [1.165, 1.54) is 5.56 Å². The highest BCUT2D eigenvalue weighted by Gasteiger charge is 2.23. The summed E-state index contributed by atoms with van der Waals surface area (Å²) in [7, 11) is 0. The van der Waals surface area contributed by atoms with Crippen molar-refractivity contribution in [2.45, 2.75) is 38.8 Å². The molecule has 1 aliphatic rings. The van der Waals surface area contributed by atoms with Crippen molar-refractivity contribution >= 4 is 5.91 Å². The van der Waals surface area contributed by atoms with Gasteiger partial charge in [0.1, 0.15) is 0 Å². The third-order valence-corrected chi connectivity index (χ3v) is 3.28. The Hall–Kier alpha value is -1.35. The summed E-state index contributed by atoms with van der Waals surface area (Å²) in [6.45, 7) is 5.05. The smallest absolute Gasteiger partial charge is 0.237 e. The van der Waals surface area contributed by atoms with Crippen LogP contribution in [0.4, 0.5) is 0 Å². The molecule has 0 spiro atoms. The average Bonchev–Trinajstić information content (AvgIpc) is 2.82. The fourth-order valence-electron chi connectivity index (χ4n) is 2.25. The number of carbonyl (C=O) groups excluding carboxylic acids is 1. The van der Waals surface area contributed by atoms with Crippen LogP contribution in [0.25, 0.3) is 0 Å². The fraction of sp³-hybridized carbons (Fsp3) is 0.500. The highest BCUT2D eigenvalue weighted by Crippen LogP contribution is 2.14. The Morgan fingerprint density at radius 3 is 3.00 bits per heavy atom. The number of benzene rings is 1. The van der Waals surface area contributed by atoms with E-state index in [2.05, 4.69) is 35.8 Å². The third-order valence-electron chi connectivity index (χ3n) is 3.28. The van der Waals surface area contributed by atoms with Crippen LogP contribution >= 0.6 is 0 Å². The molecule has 17 heavy (non-hydrogen) atoms. The quantitative estimate of drug-likeness (QED) is 0.836. The lowest BCUT2D eigenvalue weighted by Crippen LogP contribution is -2.41. The topological polar surface area (TPSA) is 41.1 Å². The number of aryl methyl sites for hydroxylation is 1. The molecule has 0 radical (unpaired) electrons. The predicted octanol–water partition coefficient (Wildman–Crippen LogP) is 1.92. The number of nitrogens with one attached hydrogen (secondary N) is 2. The van der Waals surface area contributed by atoms with Gasteiger partial charge in [-0.1, -0.05) is 29.8 Å². The van der Waals surface area contributed by atoms with Gasteiger partial charge in [0.15, 0.2) is 0 Å². The van der Waals surface area contributed by atoms with Crippen molar-refractivity contribution in [3.05, 3.63) is 35.4 Å². The van der Waals surface area contributed by atoms with Gasteiger partial charge < -0.3 is 10.6 Å². The van der Waals surface area contributed by atoms with Crippen molar-refractivity contribution in [1.82, 2.24) is 10.6 Å². The first-order valence-electron chi connectivity index (χ1n) is 6.27. The van der Waals surface area contributed by atoms with Crippen molar-refractivity contribution < 1.29 is 4.79 Å². The number of hydrogen-bond donors (Lipinski definition) is 2. The molecule has 1 heterocycles. The molecule has 1 amide bonds. The highest BCUT2D eigenvalue weighted by atomic mass is 16.2. The lowest BCUT2D eigenvalue weighted by molar-refractivity contribution is -0.123. The van der Waals surface area contributed by atoms with Gasteiger partial charge in [-0.25, -0.2) is 0 Å². The van der Waals surface area contributed by atoms with Gasteiger partial charge in [-0.2, -0.15) is 0 Å². The van der Waals surface area contributed by atoms with Crippen molar-refractivity contribution in [2.24, 2.45) is 0 Å². The molecule has 0 aromatic heterocycles. The van der Waals surface area contributed by atoms with Gasteiger partial charge in [0.05, 0.1) is 12.1 Å². The molecular weight excluding hydrogens is 212 g/mol. The van der Waals surface area contributed by atoms with Crippen LogP contribution in [0.5, 0.6) is 0 Å². The van der Waals surface area contributed by atoms with E-state index in [0.717, 1.165) is 24.9 Å². The Kier molecular flexibility index (Phi) is 3.79. The fourth-order valence-corrected chi connectivity index (χ4v) is 2.25. The molecule has 2 N–H and O–H groups in total. The van der Waals surface area contributed by atoms with Crippen molar-refractivity contribution in [1.29, 1.82) is 0 Å². The van der Waals surface area contributed by atoms with E-state index in [4.69, 9.17) is 0 Å². The molecule has 0 saturated carbocycles. The van der Waals surface area contributed by atoms with E-state index in [9.17, 15) is 4.79 Å². The molecule has 0 unspecified atom stereocenters. The van der Waals surface area contributed by atoms with Gasteiger partial charge in [0.25, 0.3) is 0 Å². The molecule has 1 aromatic rings. The second kappa shape index (κ2) is 5.32. The van der Waals surface area contributed by atoms with E-state index in [1.54, 1.807) is 0 Å². The lowest BCUT2D eigenvalue weighted by atomic mass is 10.1. The number of hydrogen-bond acceptors (Lipinski definition) is 2. The highest BCUT2D eigenvalue weighted by molar-refractivity contribution is 5.82. The minimum absolute atomic E-state index is 0.00209. The number of amides is 1. The Balaban J connectivity index is 1.96. The second-order valence-electron chi connectivity index (χ2n) is 4.79. The zero-order chi connectivity index (χ0) is 12.3. The van der Waals surface area contributed by atoms with Gasteiger partial charge >= 0.3 is 0 Å². The average molecular weight is 232 g/mol. The van der Waals surface area contributed by atoms with E-state index >= 15 is 0 Å². The molecule has 3 nitrogen and oxygen atoms in total. The Morgan fingerprint density at radius 1 is 1.53 bits per heavy atom. The summed E-state index contributed by atoms with van der Waals surface area (Å²) >= 11 is 0. The van der Waals surface area contributed by atoms with Gasteiger partial charge in [-0.05, 0) is 38.8 Å². The number of carbonyl (C=O) groups is 1. The second-order valence-corrected chi connectivity index (χ2v) is 4.79. The Morgan fingerprint density at radius 2 is 2.35 bits per heavy atom. The molecule has 1 aliphatic heterocycles. The van der Waals surface area contributed by atoms with Crippen LogP contribution in [0, 0.1) is 6.92 Å².